The topological polar surface area (TPSA) is 124 Å². The molecule has 2 heterocycles. The van der Waals surface area contributed by atoms with E-state index < -0.39 is 0 Å². The molecule has 2 amide bonds. The van der Waals surface area contributed by atoms with Crippen LogP contribution in [0.4, 0.5) is 11.4 Å². The van der Waals surface area contributed by atoms with E-state index in [0.29, 0.717) is 84.4 Å². The van der Waals surface area contributed by atoms with Gasteiger partial charge >= 0.3 is 0 Å². The van der Waals surface area contributed by atoms with Gasteiger partial charge in [0.2, 0.25) is 5.91 Å². The van der Waals surface area contributed by atoms with Crippen LogP contribution >= 0.6 is 0 Å². The first-order chi connectivity index (χ1) is 18.1. The molecule has 2 aromatic carbocycles. The summed E-state index contributed by atoms with van der Waals surface area (Å²) in [6.45, 7) is 5.16. The van der Waals surface area contributed by atoms with Crippen LogP contribution in [0, 0.1) is 0 Å². The molecule has 0 bridgehead atoms. The Balaban J connectivity index is 1.03. The molecule has 10 heteroatoms. The van der Waals surface area contributed by atoms with Crippen LogP contribution in [0.2, 0.25) is 0 Å². The van der Waals surface area contributed by atoms with Gasteiger partial charge in [-0.1, -0.05) is 6.07 Å². The molecule has 37 heavy (non-hydrogen) atoms. The number of benzene rings is 2. The Labute approximate surface area is 217 Å². The molecule has 0 unspecified atom stereocenters. The quantitative estimate of drug-likeness (QED) is 0.245. The number of rotatable bonds is 15. The van der Waals surface area contributed by atoms with Gasteiger partial charge < -0.3 is 40.2 Å². The number of carbonyl (C=O) groups is 2. The van der Waals surface area contributed by atoms with E-state index >= 15 is 0 Å². The summed E-state index contributed by atoms with van der Waals surface area (Å²) in [5.74, 6) is 0.855. The summed E-state index contributed by atoms with van der Waals surface area (Å²) in [6, 6.07) is 13.1. The lowest BCUT2D eigenvalue weighted by Crippen LogP contribution is -2.48. The monoisotopic (exact) mass is 512 g/mol. The first kappa shape index (κ1) is 26.7. The number of hydrogen-bond acceptors (Lipinski definition) is 8. The van der Waals surface area contributed by atoms with Crippen molar-refractivity contribution >= 4 is 23.2 Å². The molecular weight excluding hydrogens is 476 g/mol. The van der Waals surface area contributed by atoms with Gasteiger partial charge in [0.1, 0.15) is 12.4 Å². The van der Waals surface area contributed by atoms with Crippen LogP contribution in [0.1, 0.15) is 28.8 Å². The zero-order valence-electron chi connectivity index (χ0n) is 21.1. The highest BCUT2D eigenvalue weighted by Crippen LogP contribution is 2.31. The minimum Gasteiger partial charge on any atom is -0.491 e. The fourth-order valence-corrected chi connectivity index (χ4v) is 4.38. The minimum absolute atomic E-state index is 0.0338. The number of nitrogen functional groups attached to an aromatic ring is 1. The Hall–Kier alpha value is -3.34. The van der Waals surface area contributed by atoms with E-state index in [1.54, 1.807) is 12.1 Å². The van der Waals surface area contributed by atoms with E-state index in [-0.39, 0.29) is 17.9 Å². The summed E-state index contributed by atoms with van der Waals surface area (Å²) in [5.41, 5.74) is 9.04. The number of fused-ring (bicyclic) bond motifs is 1. The lowest BCUT2D eigenvalue weighted by molar-refractivity contribution is -0.123. The van der Waals surface area contributed by atoms with Gasteiger partial charge in [0.25, 0.3) is 5.91 Å². The van der Waals surface area contributed by atoms with Crippen molar-refractivity contribution in [3.8, 4) is 5.75 Å². The standard InChI is InChI=1S/C27H36N4O6/c28-20-4-7-22(8-5-20)37-17-16-36-15-14-35-13-12-34-11-10-29-25-3-1-2-23-24(25)19-31(27(23)33)21-6-9-26(32)30-18-21/h1-5,7-8,21,29H,6,9-19,28H2,(H,30,32)/t21-/m0/s1. The van der Waals surface area contributed by atoms with Crippen molar-refractivity contribution in [3.05, 3.63) is 53.6 Å². The van der Waals surface area contributed by atoms with Crippen molar-refractivity contribution in [3.63, 3.8) is 0 Å². The Morgan fingerprint density at radius 2 is 1.62 bits per heavy atom. The van der Waals surface area contributed by atoms with Crippen LogP contribution in [0.5, 0.6) is 5.75 Å². The molecule has 0 saturated carbocycles. The molecule has 2 aromatic rings. The van der Waals surface area contributed by atoms with Crippen molar-refractivity contribution in [1.29, 1.82) is 0 Å². The lowest BCUT2D eigenvalue weighted by Gasteiger charge is -2.31. The van der Waals surface area contributed by atoms with Gasteiger partial charge in [0.05, 0.1) is 45.7 Å². The molecule has 0 spiro atoms. The van der Waals surface area contributed by atoms with Gasteiger partial charge in [-0.3, -0.25) is 9.59 Å². The molecule has 0 aliphatic carbocycles. The summed E-state index contributed by atoms with van der Waals surface area (Å²) >= 11 is 0. The maximum atomic E-state index is 12.9. The molecule has 1 atom stereocenters. The molecule has 1 fully saturated rings. The molecule has 0 aromatic heterocycles. The number of nitrogens with two attached hydrogens (primary N) is 1. The van der Waals surface area contributed by atoms with Crippen molar-refractivity contribution in [1.82, 2.24) is 10.2 Å². The first-order valence-electron chi connectivity index (χ1n) is 12.8. The van der Waals surface area contributed by atoms with E-state index in [4.69, 9.17) is 24.7 Å². The second-order valence-corrected chi connectivity index (χ2v) is 8.94. The van der Waals surface area contributed by atoms with Gasteiger partial charge in [-0.15, -0.1) is 0 Å². The third kappa shape index (κ3) is 7.82. The SMILES string of the molecule is Nc1ccc(OCCOCCOCCOCCNc2cccc3c2CN([C@H]2CCC(=O)NC2)C3=O)cc1. The zero-order chi connectivity index (χ0) is 25.9. The van der Waals surface area contributed by atoms with Crippen molar-refractivity contribution in [2.24, 2.45) is 0 Å². The maximum absolute atomic E-state index is 12.9. The summed E-state index contributed by atoms with van der Waals surface area (Å²) in [4.78, 5) is 26.2. The van der Waals surface area contributed by atoms with Crippen LogP contribution in [-0.4, -0.2) is 82.1 Å². The van der Waals surface area contributed by atoms with Crippen LogP contribution < -0.4 is 21.1 Å². The number of carbonyl (C=O) groups excluding carboxylic acids is 2. The number of nitrogens with one attached hydrogen (secondary N) is 2. The Morgan fingerprint density at radius 3 is 2.32 bits per heavy atom. The van der Waals surface area contributed by atoms with Gasteiger partial charge in [-0.05, 0) is 42.8 Å². The number of hydrogen-bond donors (Lipinski definition) is 3. The van der Waals surface area contributed by atoms with E-state index in [2.05, 4.69) is 10.6 Å². The highest BCUT2D eigenvalue weighted by molar-refractivity contribution is 6.00. The normalized spacial score (nSPS) is 17.0. The molecule has 2 aliphatic heterocycles. The third-order valence-electron chi connectivity index (χ3n) is 6.36. The molecule has 4 N–H and O–H groups in total. The van der Waals surface area contributed by atoms with Crippen molar-refractivity contribution in [2.45, 2.75) is 25.4 Å². The molecule has 200 valence electrons. The highest BCUT2D eigenvalue weighted by atomic mass is 16.6. The number of ether oxygens (including phenoxy) is 4. The van der Waals surface area contributed by atoms with Crippen LogP contribution in [0.25, 0.3) is 0 Å². The smallest absolute Gasteiger partial charge is 0.254 e. The number of piperidine rings is 1. The van der Waals surface area contributed by atoms with Crippen LogP contribution in [-0.2, 0) is 25.5 Å². The van der Waals surface area contributed by atoms with E-state index in [1.165, 1.54) is 0 Å². The Morgan fingerprint density at radius 1 is 0.919 bits per heavy atom. The highest BCUT2D eigenvalue weighted by Gasteiger charge is 2.35. The van der Waals surface area contributed by atoms with Crippen LogP contribution in [0.15, 0.2) is 42.5 Å². The predicted octanol–water partition coefficient (Wildman–Crippen LogP) is 2.04. The maximum Gasteiger partial charge on any atom is 0.254 e. The number of anilines is 2. The van der Waals surface area contributed by atoms with E-state index in [0.717, 1.165) is 22.6 Å². The van der Waals surface area contributed by atoms with Crippen LogP contribution in [0.3, 0.4) is 0 Å². The van der Waals surface area contributed by atoms with Gasteiger partial charge in [-0.2, -0.15) is 0 Å². The molecule has 0 radical (unpaired) electrons. The average Bonchev–Trinajstić information content (AvgIpc) is 3.25. The van der Waals surface area contributed by atoms with Gasteiger partial charge in [-0.25, -0.2) is 0 Å². The zero-order valence-corrected chi connectivity index (χ0v) is 21.1. The first-order valence-corrected chi connectivity index (χ1v) is 12.8. The minimum atomic E-state index is 0.0338. The molecule has 4 rings (SSSR count). The molecule has 10 nitrogen and oxygen atoms in total. The number of amides is 2. The molecule has 1 saturated heterocycles. The van der Waals surface area contributed by atoms with Gasteiger partial charge in [0.15, 0.2) is 0 Å². The summed E-state index contributed by atoms with van der Waals surface area (Å²) in [7, 11) is 0. The Kier molecular flexibility index (Phi) is 9.98. The lowest BCUT2D eigenvalue weighted by atomic mass is 10.1. The fraction of sp³-hybridized carbons (Fsp3) is 0.481. The summed E-state index contributed by atoms with van der Waals surface area (Å²) in [5, 5.41) is 6.25. The van der Waals surface area contributed by atoms with E-state index in [1.807, 2.05) is 35.2 Å². The fourth-order valence-electron chi connectivity index (χ4n) is 4.38. The Bertz CT molecular complexity index is 1020. The van der Waals surface area contributed by atoms with Crippen molar-refractivity contribution in [2.75, 3.05) is 70.4 Å². The van der Waals surface area contributed by atoms with Crippen molar-refractivity contribution < 1.29 is 28.5 Å². The van der Waals surface area contributed by atoms with E-state index in [9.17, 15) is 9.59 Å². The average molecular weight is 513 g/mol. The second-order valence-electron chi connectivity index (χ2n) is 8.94. The number of nitrogens with zero attached hydrogens (tertiary/aromatic N) is 1. The largest absolute Gasteiger partial charge is 0.491 e. The second kappa shape index (κ2) is 13.8. The summed E-state index contributed by atoms with van der Waals surface area (Å²) < 4.78 is 22.2. The predicted molar refractivity (Wildman–Crippen MR) is 140 cm³/mol. The third-order valence-corrected chi connectivity index (χ3v) is 6.36. The van der Waals surface area contributed by atoms with Gasteiger partial charge in [0, 0.05) is 48.6 Å². The summed E-state index contributed by atoms with van der Waals surface area (Å²) in [6.07, 6.45) is 1.17. The molecule has 2 aliphatic rings. The molecular formula is C27H36N4O6.